The molecule has 130 valence electrons. The summed E-state index contributed by atoms with van der Waals surface area (Å²) >= 11 is 2.84. The standard InChI is InChI=1S/C16H15N3O4S2/c1-10-7-13(17-23-10)19-15(21)9-25-16(19)18(14(20)8-24-16)11-3-5-12(22-2)6-4-11/h3-7H,8-9H2,1-2H3. The molecule has 0 N–H and O–H groups in total. The van der Waals surface area contributed by atoms with E-state index in [9.17, 15) is 9.59 Å². The maximum atomic E-state index is 12.7. The smallest absolute Gasteiger partial charge is 0.241 e. The number of rotatable bonds is 3. The molecule has 0 radical (unpaired) electrons. The Hall–Kier alpha value is -2.13. The van der Waals surface area contributed by atoms with Gasteiger partial charge in [-0.2, -0.15) is 0 Å². The molecule has 2 amide bonds. The predicted molar refractivity (Wildman–Crippen MR) is 96.9 cm³/mol. The van der Waals surface area contributed by atoms with Crippen LogP contribution in [0.5, 0.6) is 5.75 Å². The first kappa shape index (κ1) is 16.3. The molecule has 1 unspecified atom stereocenters. The third kappa shape index (κ3) is 2.49. The van der Waals surface area contributed by atoms with Crippen LogP contribution in [0.1, 0.15) is 5.76 Å². The van der Waals surface area contributed by atoms with E-state index >= 15 is 0 Å². The summed E-state index contributed by atoms with van der Waals surface area (Å²) in [4.78, 5) is 28.5. The summed E-state index contributed by atoms with van der Waals surface area (Å²) in [5.74, 6) is 2.16. The molecule has 0 bridgehead atoms. The van der Waals surface area contributed by atoms with Crippen molar-refractivity contribution in [1.82, 2.24) is 5.16 Å². The van der Waals surface area contributed by atoms with Crippen LogP contribution in [0.25, 0.3) is 0 Å². The number of ether oxygens (including phenoxy) is 1. The molecule has 0 aliphatic carbocycles. The van der Waals surface area contributed by atoms with Gasteiger partial charge in [-0.1, -0.05) is 28.7 Å². The molecular weight excluding hydrogens is 362 g/mol. The van der Waals surface area contributed by atoms with Crippen LogP contribution in [0, 0.1) is 6.92 Å². The number of carbonyl (C=O) groups excluding carboxylic acids is 2. The van der Waals surface area contributed by atoms with Crippen molar-refractivity contribution < 1.29 is 18.8 Å². The fourth-order valence-electron chi connectivity index (χ4n) is 2.93. The molecule has 2 aliphatic heterocycles. The quantitative estimate of drug-likeness (QED) is 0.813. The zero-order chi connectivity index (χ0) is 17.6. The molecule has 1 aromatic carbocycles. The zero-order valence-corrected chi connectivity index (χ0v) is 15.2. The maximum Gasteiger partial charge on any atom is 0.241 e. The van der Waals surface area contributed by atoms with Crippen molar-refractivity contribution in [3.05, 3.63) is 36.1 Å². The van der Waals surface area contributed by atoms with Crippen LogP contribution >= 0.6 is 23.5 Å². The van der Waals surface area contributed by atoms with E-state index in [2.05, 4.69) is 5.16 Å². The molecule has 1 atom stereocenters. The van der Waals surface area contributed by atoms with Gasteiger partial charge in [-0.15, -0.1) is 0 Å². The molecule has 1 spiro atoms. The Bertz CT molecular complexity index is 834. The van der Waals surface area contributed by atoms with Gasteiger partial charge in [-0.25, -0.2) is 4.90 Å². The highest BCUT2D eigenvalue weighted by Gasteiger charge is 2.59. The van der Waals surface area contributed by atoms with Crippen LogP contribution in [0.15, 0.2) is 34.9 Å². The number of hydrogen-bond acceptors (Lipinski definition) is 7. The van der Waals surface area contributed by atoms with Crippen LogP contribution < -0.4 is 14.5 Å². The van der Waals surface area contributed by atoms with Crippen molar-refractivity contribution in [3.63, 3.8) is 0 Å². The van der Waals surface area contributed by atoms with E-state index in [-0.39, 0.29) is 17.6 Å². The van der Waals surface area contributed by atoms with E-state index in [0.29, 0.717) is 28.8 Å². The lowest BCUT2D eigenvalue weighted by Gasteiger charge is -2.38. The van der Waals surface area contributed by atoms with Crippen molar-refractivity contribution in [2.75, 3.05) is 28.4 Å². The van der Waals surface area contributed by atoms with E-state index in [1.165, 1.54) is 23.5 Å². The van der Waals surface area contributed by atoms with Crippen molar-refractivity contribution in [2.24, 2.45) is 0 Å². The first-order valence-electron chi connectivity index (χ1n) is 7.56. The normalized spacial score (nSPS) is 23.1. The highest BCUT2D eigenvalue weighted by atomic mass is 32.2. The summed E-state index contributed by atoms with van der Waals surface area (Å²) in [6, 6.07) is 8.94. The van der Waals surface area contributed by atoms with Gasteiger partial charge in [-0.3, -0.25) is 14.5 Å². The summed E-state index contributed by atoms with van der Waals surface area (Å²) < 4.78 is 9.45. The van der Waals surface area contributed by atoms with Gasteiger partial charge in [0, 0.05) is 11.8 Å². The second kappa shape index (κ2) is 5.99. The Morgan fingerprint density at radius 2 is 1.76 bits per heavy atom. The van der Waals surface area contributed by atoms with Crippen LogP contribution in [0.3, 0.4) is 0 Å². The van der Waals surface area contributed by atoms with Gasteiger partial charge in [0.15, 0.2) is 5.82 Å². The minimum absolute atomic E-state index is 0.0532. The molecule has 2 aliphatic rings. The van der Waals surface area contributed by atoms with Crippen LogP contribution in [-0.4, -0.2) is 39.9 Å². The monoisotopic (exact) mass is 377 g/mol. The number of methoxy groups -OCH3 is 1. The SMILES string of the molecule is COc1ccc(N2C(=O)CSC23SCC(=O)N3c2cc(C)on2)cc1. The summed E-state index contributed by atoms with van der Waals surface area (Å²) in [7, 11) is 1.59. The topological polar surface area (TPSA) is 75.9 Å². The number of aromatic nitrogens is 1. The van der Waals surface area contributed by atoms with Crippen molar-refractivity contribution in [3.8, 4) is 5.75 Å². The average molecular weight is 377 g/mol. The van der Waals surface area contributed by atoms with Gasteiger partial charge in [0.25, 0.3) is 0 Å². The number of aryl methyl sites for hydroxylation is 1. The molecule has 1 aromatic heterocycles. The lowest BCUT2D eigenvalue weighted by Crippen LogP contribution is -2.53. The van der Waals surface area contributed by atoms with E-state index < -0.39 is 4.33 Å². The van der Waals surface area contributed by atoms with Crippen molar-refractivity contribution >= 4 is 46.8 Å². The zero-order valence-electron chi connectivity index (χ0n) is 13.6. The second-order valence-electron chi connectivity index (χ2n) is 5.58. The number of thioether (sulfide) groups is 2. The van der Waals surface area contributed by atoms with Crippen molar-refractivity contribution in [2.45, 2.75) is 11.3 Å². The average Bonchev–Trinajstić information content (AvgIpc) is 3.27. The Morgan fingerprint density at radius 3 is 2.32 bits per heavy atom. The Morgan fingerprint density at radius 1 is 1.12 bits per heavy atom. The molecule has 0 saturated carbocycles. The van der Waals surface area contributed by atoms with Crippen LogP contribution in [0.4, 0.5) is 11.5 Å². The number of anilines is 2. The summed E-state index contributed by atoms with van der Waals surface area (Å²) in [6.07, 6.45) is 0. The number of carbonyl (C=O) groups is 2. The molecule has 2 saturated heterocycles. The first-order chi connectivity index (χ1) is 12.0. The van der Waals surface area contributed by atoms with Crippen molar-refractivity contribution in [1.29, 1.82) is 0 Å². The molecule has 4 rings (SSSR count). The van der Waals surface area contributed by atoms with Gasteiger partial charge in [0.1, 0.15) is 11.5 Å². The van der Waals surface area contributed by atoms with E-state index in [0.717, 1.165) is 0 Å². The fourth-order valence-corrected chi connectivity index (χ4v) is 5.81. The van der Waals surface area contributed by atoms with Gasteiger partial charge in [0.05, 0.1) is 18.6 Å². The highest BCUT2D eigenvalue weighted by molar-refractivity contribution is 8.20. The maximum absolute atomic E-state index is 12.7. The lowest BCUT2D eigenvalue weighted by atomic mass is 10.2. The van der Waals surface area contributed by atoms with E-state index in [1.807, 2.05) is 12.1 Å². The fraction of sp³-hybridized carbons (Fsp3) is 0.312. The molecule has 25 heavy (non-hydrogen) atoms. The number of nitrogens with zero attached hydrogens (tertiary/aromatic N) is 3. The number of benzene rings is 1. The molecular formula is C16H15N3O4S2. The molecule has 2 fully saturated rings. The lowest BCUT2D eigenvalue weighted by molar-refractivity contribution is -0.116. The third-order valence-electron chi connectivity index (χ3n) is 4.01. The predicted octanol–water partition coefficient (Wildman–Crippen LogP) is 2.46. The van der Waals surface area contributed by atoms with E-state index in [4.69, 9.17) is 9.26 Å². The van der Waals surface area contributed by atoms with Gasteiger partial charge in [-0.05, 0) is 31.2 Å². The van der Waals surface area contributed by atoms with E-state index in [1.54, 1.807) is 42.0 Å². The Labute approximate surface area is 152 Å². The molecule has 2 aromatic rings. The number of hydrogen-bond donors (Lipinski definition) is 0. The minimum atomic E-state index is -0.883. The molecule has 7 nitrogen and oxygen atoms in total. The van der Waals surface area contributed by atoms with Gasteiger partial charge >= 0.3 is 0 Å². The van der Waals surface area contributed by atoms with Gasteiger partial charge < -0.3 is 9.26 Å². The summed E-state index contributed by atoms with van der Waals surface area (Å²) in [5.41, 5.74) is 0.711. The minimum Gasteiger partial charge on any atom is -0.497 e. The summed E-state index contributed by atoms with van der Waals surface area (Å²) in [5, 5.41) is 3.99. The molecule has 9 heteroatoms. The van der Waals surface area contributed by atoms with Crippen LogP contribution in [0.2, 0.25) is 0 Å². The van der Waals surface area contributed by atoms with Crippen LogP contribution in [-0.2, 0) is 9.59 Å². The Balaban J connectivity index is 1.79. The summed E-state index contributed by atoms with van der Waals surface area (Å²) in [6.45, 7) is 1.77. The van der Waals surface area contributed by atoms with Gasteiger partial charge in [0.2, 0.25) is 16.1 Å². The first-order valence-corrected chi connectivity index (χ1v) is 9.54. The highest BCUT2D eigenvalue weighted by Crippen LogP contribution is 2.54. The third-order valence-corrected chi connectivity index (χ3v) is 6.98. The molecule has 3 heterocycles. The number of amides is 2. The second-order valence-corrected chi connectivity index (χ2v) is 8.13. The largest absolute Gasteiger partial charge is 0.497 e. The Kier molecular flexibility index (Phi) is 3.92.